The molecule has 56 heavy (non-hydrogen) atoms. The molecular formula is C51H32N4O. The van der Waals surface area contributed by atoms with Crippen molar-refractivity contribution in [2.75, 3.05) is 0 Å². The number of para-hydroxylation sites is 2. The Kier molecular flexibility index (Phi) is 7.42. The van der Waals surface area contributed by atoms with Gasteiger partial charge in [0.05, 0.1) is 11.0 Å². The van der Waals surface area contributed by atoms with Crippen molar-refractivity contribution in [2.24, 2.45) is 0 Å². The first kappa shape index (κ1) is 31.9. The van der Waals surface area contributed by atoms with Gasteiger partial charge in [0.15, 0.2) is 17.5 Å². The van der Waals surface area contributed by atoms with Crippen molar-refractivity contribution in [3.63, 3.8) is 0 Å². The molecule has 0 spiro atoms. The first-order chi connectivity index (χ1) is 27.7. The molecule has 5 nitrogen and oxygen atoms in total. The molecule has 0 saturated heterocycles. The van der Waals surface area contributed by atoms with E-state index < -0.39 is 0 Å². The molecule has 8 aromatic carbocycles. The molecule has 0 fully saturated rings. The van der Waals surface area contributed by atoms with Crippen molar-refractivity contribution in [3.05, 3.63) is 194 Å². The average molecular weight is 717 g/mol. The lowest BCUT2D eigenvalue weighted by atomic mass is 9.98. The molecule has 0 unspecified atom stereocenters. The molecule has 0 amide bonds. The largest absolute Gasteiger partial charge is 0.456 e. The van der Waals surface area contributed by atoms with Crippen molar-refractivity contribution < 1.29 is 4.42 Å². The van der Waals surface area contributed by atoms with Crippen LogP contribution in [0.2, 0.25) is 0 Å². The fraction of sp³-hybridized carbons (Fsp3) is 0. The number of rotatable bonds is 6. The topological polar surface area (TPSA) is 56.7 Å². The molecule has 0 radical (unpaired) electrons. The second-order valence-electron chi connectivity index (χ2n) is 14.1. The van der Waals surface area contributed by atoms with Gasteiger partial charge in [-0.1, -0.05) is 127 Å². The van der Waals surface area contributed by atoms with E-state index in [1.165, 1.54) is 16.5 Å². The molecule has 11 aromatic rings. The van der Waals surface area contributed by atoms with Gasteiger partial charge in [-0.3, -0.25) is 0 Å². The van der Waals surface area contributed by atoms with Gasteiger partial charge in [0.1, 0.15) is 11.2 Å². The zero-order valence-corrected chi connectivity index (χ0v) is 30.2. The zero-order chi connectivity index (χ0) is 37.0. The monoisotopic (exact) mass is 716 g/mol. The lowest BCUT2D eigenvalue weighted by molar-refractivity contribution is 0.669. The van der Waals surface area contributed by atoms with Gasteiger partial charge in [0, 0.05) is 43.9 Å². The first-order valence-electron chi connectivity index (χ1n) is 18.8. The van der Waals surface area contributed by atoms with Crippen LogP contribution in [-0.4, -0.2) is 19.5 Å². The summed E-state index contributed by atoms with van der Waals surface area (Å²) < 4.78 is 8.89. The lowest BCUT2D eigenvalue weighted by Crippen LogP contribution is -2.00. The Hall–Kier alpha value is -7.63. The maximum absolute atomic E-state index is 6.58. The highest BCUT2D eigenvalue weighted by Crippen LogP contribution is 2.37. The van der Waals surface area contributed by atoms with E-state index in [-0.39, 0.29) is 0 Å². The number of hydrogen-bond donors (Lipinski definition) is 0. The summed E-state index contributed by atoms with van der Waals surface area (Å²) in [6, 6.07) is 67.5. The van der Waals surface area contributed by atoms with Gasteiger partial charge in [0.25, 0.3) is 0 Å². The number of furan rings is 1. The standard InChI is InChI=1S/C51H32N4O/c1-4-13-33(14-5-1)35-17-12-18-36(29-35)37-23-26-42-43-27-24-39(32-48(43)56-47(42)31-37)51-53-49(34-15-6-2-7-16-34)52-50(54-51)38-25-28-46-44(30-38)41-21-10-11-22-45(41)55(46)40-19-8-3-9-20-40/h1-32H. The second kappa shape index (κ2) is 13.0. The fourth-order valence-electron chi connectivity index (χ4n) is 7.92. The minimum Gasteiger partial charge on any atom is -0.456 e. The summed E-state index contributed by atoms with van der Waals surface area (Å²) in [6.07, 6.45) is 0. The normalized spacial score (nSPS) is 11.6. The quantitative estimate of drug-likeness (QED) is 0.172. The molecule has 11 rings (SSSR count). The first-order valence-corrected chi connectivity index (χ1v) is 18.8. The molecule has 0 aliphatic carbocycles. The van der Waals surface area contributed by atoms with E-state index in [2.05, 4.69) is 156 Å². The van der Waals surface area contributed by atoms with Gasteiger partial charge in [-0.15, -0.1) is 0 Å². The van der Waals surface area contributed by atoms with Crippen LogP contribution < -0.4 is 0 Å². The maximum atomic E-state index is 6.58. The zero-order valence-electron chi connectivity index (χ0n) is 30.2. The van der Waals surface area contributed by atoms with Crippen LogP contribution in [0, 0.1) is 0 Å². The van der Waals surface area contributed by atoms with Gasteiger partial charge in [-0.05, 0) is 89.0 Å². The third kappa shape index (κ3) is 5.45. The second-order valence-corrected chi connectivity index (χ2v) is 14.1. The van der Waals surface area contributed by atoms with Crippen LogP contribution in [0.4, 0.5) is 0 Å². The number of hydrogen-bond acceptors (Lipinski definition) is 4. The maximum Gasteiger partial charge on any atom is 0.164 e. The third-order valence-corrected chi connectivity index (χ3v) is 10.6. The van der Waals surface area contributed by atoms with Crippen LogP contribution in [0.5, 0.6) is 0 Å². The predicted molar refractivity (Wildman–Crippen MR) is 229 cm³/mol. The van der Waals surface area contributed by atoms with Crippen molar-refractivity contribution in [3.8, 4) is 62.1 Å². The SMILES string of the molecule is c1ccc(-c2cccc(-c3ccc4c(c3)oc3cc(-c5nc(-c6ccccc6)nc(-c6ccc7c(c6)c6ccccc6n7-c6ccccc6)n5)ccc34)c2)cc1. The molecular weight excluding hydrogens is 685 g/mol. The minimum atomic E-state index is 0.585. The summed E-state index contributed by atoms with van der Waals surface area (Å²) in [5, 5.41) is 4.43. The van der Waals surface area contributed by atoms with Gasteiger partial charge in [-0.2, -0.15) is 0 Å². The molecule has 0 aliphatic rings. The van der Waals surface area contributed by atoms with E-state index in [1.807, 2.05) is 42.5 Å². The van der Waals surface area contributed by atoms with Crippen molar-refractivity contribution >= 4 is 43.7 Å². The summed E-state index contributed by atoms with van der Waals surface area (Å²) in [4.78, 5) is 15.2. The minimum absolute atomic E-state index is 0.585. The molecule has 0 atom stereocenters. The van der Waals surface area contributed by atoms with E-state index in [0.29, 0.717) is 17.5 Å². The number of nitrogens with zero attached hydrogens (tertiary/aromatic N) is 4. The Morgan fingerprint density at radius 2 is 0.786 bits per heavy atom. The molecule has 5 heteroatoms. The molecule has 262 valence electrons. The Bertz CT molecular complexity index is 3240. The lowest BCUT2D eigenvalue weighted by Gasteiger charge is -2.10. The van der Waals surface area contributed by atoms with Crippen LogP contribution in [0.1, 0.15) is 0 Å². The number of fused-ring (bicyclic) bond motifs is 6. The predicted octanol–water partition coefficient (Wildman–Crippen LogP) is 13.2. The van der Waals surface area contributed by atoms with E-state index >= 15 is 0 Å². The highest BCUT2D eigenvalue weighted by molar-refractivity contribution is 6.10. The Balaban J connectivity index is 1.02. The molecule has 0 saturated carbocycles. The summed E-state index contributed by atoms with van der Waals surface area (Å²) in [7, 11) is 0. The van der Waals surface area contributed by atoms with Gasteiger partial charge >= 0.3 is 0 Å². The van der Waals surface area contributed by atoms with Crippen LogP contribution in [0.15, 0.2) is 199 Å². The molecule has 0 aliphatic heterocycles. The Morgan fingerprint density at radius 1 is 0.304 bits per heavy atom. The average Bonchev–Trinajstić information content (AvgIpc) is 3.81. The van der Waals surface area contributed by atoms with Gasteiger partial charge in [-0.25, -0.2) is 15.0 Å². The summed E-state index contributed by atoms with van der Waals surface area (Å²) in [5.74, 6) is 1.81. The summed E-state index contributed by atoms with van der Waals surface area (Å²) in [6.45, 7) is 0. The van der Waals surface area contributed by atoms with Crippen LogP contribution in [0.3, 0.4) is 0 Å². The van der Waals surface area contributed by atoms with E-state index in [0.717, 1.165) is 71.9 Å². The van der Waals surface area contributed by atoms with Crippen LogP contribution >= 0.6 is 0 Å². The third-order valence-electron chi connectivity index (χ3n) is 10.6. The number of aromatic nitrogens is 4. The summed E-state index contributed by atoms with van der Waals surface area (Å²) >= 11 is 0. The molecule has 3 heterocycles. The molecule has 3 aromatic heterocycles. The highest BCUT2D eigenvalue weighted by atomic mass is 16.3. The van der Waals surface area contributed by atoms with Crippen LogP contribution in [-0.2, 0) is 0 Å². The summed E-state index contributed by atoms with van der Waals surface area (Å²) in [5.41, 5.74) is 12.3. The number of benzene rings is 8. The highest BCUT2D eigenvalue weighted by Gasteiger charge is 2.18. The smallest absolute Gasteiger partial charge is 0.164 e. The van der Waals surface area contributed by atoms with E-state index in [1.54, 1.807) is 0 Å². The van der Waals surface area contributed by atoms with Gasteiger partial charge < -0.3 is 8.98 Å². The van der Waals surface area contributed by atoms with E-state index in [4.69, 9.17) is 19.4 Å². The van der Waals surface area contributed by atoms with Crippen molar-refractivity contribution in [1.82, 2.24) is 19.5 Å². The van der Waals surface area contributed by atoms with Crippen molar-refractivity contribution in [1.29, 1.82) is 0 Å². The van der Waals surface area contributed by atoms with Crippen molar-refractivity contribution in [2.45, 2.75) is 0 Å². The van der Waals surface area contributed by atoms with E-state index in [9.17, 15) is 0 Å². The Morgan fingerprint density at radius 3 is 1.50 bits per heavy atom. The van der Waals surface area contributed by atoms with Crippen LogP contribution in [0.25, 0.3) is 106 Å². The fourth-order valence-corrected chi connectivity index (χ4v) is 7.92. The van der Waals surface area contributed by atoms with Gasteiger partial charge in [0.2, 0.25) is 0 Å². The molecule has 0 N–H and O–H groups in total. The molecule has 0 bridgehead atoms. The Labute approximate surface area is 322 Å².